The summed E-state index contributed by atoms with van der Waals surface area (Å²) >= 11 is 4.39. The summed E-state index contributed by atoms with van der Waals surface area (Å²) in [5.41, 5.74) is 4.65. The molecule has 1 aliphatic heterocycles. The van der Waals surface area contributed by atoms with Gasteiger partial charge in [0.2, 0.25) is 5.91 Å². The van der Waals surface area contributed by atoms with Crippen LogP contribution in [0.2, 0.25) is 0 Å². The molecule has 2 aliphatic rings. The molecule has 1 fully saturated rings. The van der Waals surface area contributed by atoms with Crippen LogP contribution in [-0.4, -0.2) is 23.2 Å². The highest BCUT2D eigenvalue weighted by molar-refractivity contribution is 7.80. The number of hydrogen-bond acceptors (Lipinski definition) is 3. The molecule has 1 amide bonds. The lowest BCUT2D eigenvalue weighted by Gasteiger charge is -2.26. The number of anilines is 1. The number of fused-ring (bicyclic) bond motifs is 2. The van der Waals surface area contributed by atoms with Gasteiger partial charge in [-0.2, -0.15) is 12.6 Å². The maximum absolute atomic E-state index is 12.5. The molecule has 0 radical (unpaired) electrons. The first-order valence-electron chi connectivity index (χ1n) is 8.09. The summed E-state index contributed by atoms with van der Waals surface area (Å²) in [7, 11) is 0. The van der Waals surface area contributed by atoms with Crippen LogP contribution in [0, 0.1) is 5.92 Å². The van der Waals surface area contributed by atoms with Gasteiger partial charge >= 0.3 is 0 Å². The van der Waals surface area contributed by atoms with Crippen molar-refractivity contribution >= 4 is 35.1 Å². The molecular weight excluding hydrogens is 292 g/mol. The Balaban J connectivity index is 1.93. The maximum atomic E-state index is 12.5. The van der Waals surface area contributed by atoms with Crippen LogP contribution in [0.1, 0.15) is 30.5 Å². The SMILES string of the molecule is O=C1CC(CS)CN1c1c2c(nc3ccccc13)CCCC2. The van der Waals surface area contributed by atoms with Gasteiger partial charge in [-0.3, -0.25) is 9.78 Å². The normalized spacial score (nSPS) is 21.4. The van der Waals surface area contributed by atoms with Crippen molar-refractivity contribution in [1.29, 1.82) is 0 Å². The highest BCUT2D eigenvalue weighted by Crippen LogP contribution is 2.38. The zero-order valence-electron chi connectivity index (χ0n) is 12.6. The van der Waals surface area contributed by atoms with Crippen LogP contribution < -0.4 is 4.90 Å². The number of carbonyl (C=O) groups is 1. The Morgan fingerprint density at radius 1 is 1.23 bits per heavy atom. The zero-order chi connectivity index (χ0) is 15.1. The van der Waals surface area contributed by atoms with E-state index >= 15 is 0 Å². The number of aromatic nitrogens is 1. The van der Waals surface area contributed by atoms with E-state index < -0.39 is 0 Å². The number of carbonyl (C=O) groups excluding carboxylic acids is 1. The second kappa shape index (κ2) is 5.58. The lowest BCUT2D eigenvalue weighted by molar-refractivity contribution is -0.117. The van der Waals surface area contributed by atoms with Gasteiger partial charge in [0.05, 0.1) is 11.2 Å². The van der Waals surface area contributed by atoms with Crippen molar-refractivity contribution in [3.05, 3.63) is 35.5 Å². The first-order chi connectivity index (χ1) is 10.8. The van der Waals surface area contributed by atoms with Gasteiger partial charge in [0.1, 0.15) is 0 Å². The monoisotopic (exact) mass is 312 g/mol. The van der Waals surface area contributed by atoms with E-state index in [1.165, 1.54) is 24.1 Å². The van der Waals surface area contributed by atoms with Gasteiger partial charge in [-0.1, -0.05) is 18.2 Å². The molecule has 1 aromatic heterocycles. The van der Waals surface area contributed by atoms with Gasteiger partial charge in [-0.05, 0) is 49.0 Å². The van der Waals surface area contributed by atoms with E-state index in [2.05, 4.69) is 24.8 Å². The third-order valence-corrected chi connectivity index (χ3v) is 5.39. The molecule has 0 spiro atoms. The number of thiol groups is 1. The van der Waals surface area contributed by atoms with Crippen molar-refractivity contribution in [3.8, 4) is 0 Å². The number of para-hydroxylation sites is 1. The van der Waals surface area contributed by atoms with E-state index in [-0.39, 0.29) is 5.91 Å². The summed E-state index contributed by atoms with van der Waals surface area (Å²) in [6, 6.07) is 8.23. The van der Waals surface area contributed by atoms with Gasteiger partial charge in [-0.15, -0.1) is 0 Å². The summed E-state index contributed by atoms with van der Waals surface area (Å²) in [5.74, 6) is 1.37. The smallest absolute Gasteiger partial charge is 0.227 e. The molecule has 0 N–H and O–H groups in total. The Hall–Kier alpha value is -1.55. The minimum absolute atomic E-state index is 0.239. The molecule has 1 unspecified atom stereocenters. The molecule has 2 heterocycles. The summed E-state index contributed by atoms with van der Waals surface area (Å²) in [6.45, 7) is 0.794. The summed E-state index contributed by atoms with van der Waals surface area (Å²) in [5, 5.41) is 1.12. The lowest BCUT2D eigenvalue weighted by atomic mass is 9.92. The Kier molecular flexibility index (Phi) is 3.57. The Bertz CT molecular complexity index is 743. The number of aryl methyl sites for hydroxylation is 1. The predicted octanol–water partition coefficient (Wildman–Crippen LogP) is 3.40. The molecule has 1 aromatic carbocycles. The topological polar surface area (TPSA) is 33.2 Å². The molecule has 0 bridgehead atoms. The third-order valence-electron chi connectivity index (χ3n) is 4.87. The first-order valence-corrected chi connectivity index (χ1v) is 8.73. The molecule has 4 heteroatoms. The highest BCUT2D eigenvalue weighted by Gasteiger charge is 2.33. The fourth-order valence-electron chi connectivity index (χ4n) is 3.78. The lowest BCUT2D eigenvalue weighted by Crippen LogP contribution is -2.27. The minimum Gasteiger partial charge on any atom is -0.311 e. The second-order valence-corrected chi connectivity index (χ2v) is 6.73. The van der Waals surface area contributed by atoms with Gasteiger partial charge in [-0.25, -0.2) is 0 Å². The summed E-state index contributed by atoms with van der Waals surface area (Å²) < 4.78 is 0. The van der Waals surface area contributed by atoms with Gasteiger partial charge in [0, 0.05) is 24.0 Å². The van der Waals surface area contributed by atoms with Gasteiger partial charge in [0.15, 0.2) is 0 Å². The predicted molar refractivity (Wildman–Crippen MR) is 92.7 cm³/mol. The van der Waals surface area contributed by atoms with E-state index in [1.54, 1.807) is 0 Å². The summed E-state index contributed by atoms with van der Waals surface area (Å²) in [4.78, 5) is 19.4. The molecule has 1 atom stereocenters. The highest BCUT2D eigenvalue weighted by atomic mass is 32.1. The van der Waals surface area contributed by atoms with E-state index in [9.17, 15) is 4.79 Å². The molecule has 22 heavy (non-hydrogen) atoms. The van der Waals surface area contributed by atoms with Crippen molar-refractivity contribution in [1.82, 2.24) is 4.98 Å². The standard InChI is InChI=1S/C18H20N2OS/c21-17-9-12(11-22)10-20(17)18-13-5-1-3-7-15(13)19-16-8-4-2-6-14(16)18/h1,3,5,7,12,22H,2,4,6,8-11H2. The first kappa shape index (κ1) is 14.1. The second-order valence-electron chi connectivity index (χ2n) is 6.37. The van der Waals surface area contributed by atoms with Crippen LogP contribution in [0.3, 0.4) is 0 Å². The Labute approximate surface area is 136 Å². The fourth-order valence-corrected chi connectivity index (χ4v) is 4.02. The van der Waals surface area contributed by atoms with Crippen molar-refractivity contribution in [2.24, 2.45) is 5.92 Å². The minimum atomic E-state index is 0.239. The van der Waals surface area contributed by atoms with Gasteiger partial charge in [0.25, 0.3) is 0 Å². The van der Waals surface area contributed by atoms with E-state index in [0.29, 0.717) is 12.3 Å². The van der Waals surface area contributed by atoms with Crippen LogP contribution in [0.5, 0.6) is 0 Å². The Morgan fingerprint density at radius 3 is 2.86 bits per heavy atom. The van der Waals surface area contributed by atoms with Crippen LogP contribution in [0.25, 0.3) is 10.9 Å². The average Bonchev–Trinajstić information content (AvgIpc) is 2.93. The molecule has 2 aromatic rings. The Morgan fingerprint density at radius 2 is 2.05 bits per heavy atom. The zero-order valence-corrected chi connectivity index (χ0v) is 13.5. The average molecular weight is 312 g/mol. The molecule has 3 nitrogen and oxygen atoms in total. The molecule has 1 saturated heterocycles. The van der Waals surface area contributed by atoms with Crippen molar-refractivity contribution in [2.75, 3.05) is 17.2 Å². The molecule has 1 aliphatic carbocycles. The number of rotatable bonds is 2. The van der Waals surface area contributed by atoms with Crippen molar-refractivity contribution in [3.63, 3.8) is 0 Å². The third kappa shape index (κ3) is 2.21. The van der Waals surface area contributed by atoms with Gasteiger partial charge < -0.3 is 4.90 Å². The van der Waals surface area contributed by atoms with E-state index in [1.807, 2.05) is 17.0 Å². The van der Waals surface area contributed by atoms with E-state index in [4.69, 9.17) is 4.98 Å². The van der Waals surface area contributed by atoms with E-state index in [0.717, 1.165) is 41.7 Å². The van der Waals surface area contributed by atoms with Crippen molar-refractivity contribution in [2.45, 2.75) is 32.1 Å². The number of hydrogen-bond donors (Lipinski definition) is 1. The van der Waals surface area contributed by atoms with Crippen molar-refractivity contribution < 1.29 is 4.79 Å². The maximum Gasteiger partial charge on any atom is 0.227 e. The summed E-state index contributed by atoms with van der Waals surface area (Å²) in [6.07, 6.45) is 5.08. The number of benzene rings is 1. The van der Waals surface area contributed by atoms with Crippen LogP contribution in [0.15, 0.2) is 24.3 Å². The van der Waals surface area contributed by atoms with Crippen LogP contribution >= 0.6 is 12.6 Å². The fraction of sp³-hybridized carbons (Fsp3) is 0.444. The number of pyridine rings is 1. The molecule has 114 valence electrons. The quantitative estimate of drug-likeness (QED) is 0.862. The molecule has 4 rings (SSSR count). The molecular formula is C18H20N2OS. The molecule has 0 saturated carbocycles. The largest absolute Gasteiger partial charge is 0.311 e. The van der Waals surface area contributed by atoms with Crippen LogP contribution in [0.4, 0.5) is 5.69 Å². The number of amides is 1. The number of nitrogens with zero attached hydrogens (tertiary/aromatic N) is 2. The van der Waals surface area contributed by atoms with Crippen LogP contribution in [-0.2, 0) is 17.6 Å².